The molecule has 1 aromatic heterocycles. The van der Waals surface area contributed by atoms with Crippen LogP contribution in [0.25, 0.3) is 4.85 Å². The normalized spacial score (nSPS) is 14.8. The molecule has 0 spiro atoms. The Morgan fingerprint density at radius 1 is 1.33 bits per heavy atom. The Balaban J connectivity index is 2.00. The number of nitrogens with zero attached hydrogens (tertiary/aromatic N) is 5. The molecule has 2 N–H and O–H groups in total. The standard InChI is InChI=1S/C22H25FN6S/c1-4-16-17(13-24)22(30-14-15-6-7-19(25)18(23)12-15)27-21(20(16)26-2)29-9-5-8-28(3)10-11-29/h6-7,12H,4-5,8-11,14,25H2,1,3H3. The quantitative estimate of drug-likeness (QED) is 0.440. The van der Waals surface area contributed by atoms with E-state index in [1.807, 2.05) is 6.92 Å². The molecular formula is C22H25FN6S. The summed E-state index contributed by atoms with van der Waals surface area (Å²) in [4.78, 5) is 13.0. The van der Waals surface area contributed by atoms with Gasteiger partial charge >= 0.3 is 0 Å². The summed E-state index contributed by atoms with van der Waals surface area (Å²) in [5.41, 5.74) is 8.10. The Labute approximate surface area is 181 Å². The minimum absolute atomic E-state index is 0.114. The van der Waals surface area contributed by atoms with Crippen LogP contribution in [-0.4, -0.2) is 43.1 Å². The lowest BCUT2D eigenvalue weighted by Gasteiger charge is -2.25. The summed E-state index contributed by atoms with van der Waals surface area (Å²) in [6.45, 7) is 13.2. The fourth-order valence-corrected chi connectivity index (χ4v) is 4.51. The van der Waals surface area contributed by atoms with Crippen molar-refractivity contribution in [2.75, 3.05) is 43.9 Å². The summed E-state index contributed by atoms with van der Waals surface area (Å²) < 4.78 is 13.8. The number of likely N-dealkylation sites (N-methyl/N-ethyl adjacent to an activating group) is 1. The summed E-state index contributed by atoms with van der Waals surface area (Å²) >= 11 is 1.39. The highest BCUT2D eigenvalue weighted by molar-refractivity contribution is 7.98. The van der Waals surface area contributed by atoms with Gasteiger partial charge in [0, 0.05) is 25.4 Å². The van der Waals surface area contributed by atoms with Gasteiger partial charge in [0.25, 0.3) is 0 Å². The van der Waals surface area contributed by atoms with Crippen molar-refractivity contribution >= 4 is 29.0 Å². The molecule has 0 bridgehead atoms. The third kappa shape index (κ3) is 4.67. The lowest BCUT2D eigenvalue weighted by Crippen LogP contribution is -2.29. The van der Waals surface area contributed by atoms with Gasteiger partial charge in [0.15, 0.2) is 0 Å². The van der Waals surface area contributed by atoms with E-state index in [4.69, 9.17) is 17.3 Å². The first-order valence-electron chi connectivity index (χ1n) is 9.93. The van der Waals surface area contributed by atoms with Gasteiger partial charge in [-0.05, 0) is 49.7 Å². The van der Waals surface area contributed by atoms with E-state index in [9.17, 15) is 9.65 Å². The average molecular weight is 425 g/mol. The summed E-state index contributed by atoms with van der Waals surface area (Å²) in [7, 11) is 2.09. The summed E-state index contributed by atoms with van der Waals surface area (Å²) in [6, 6.07) is 6.98. The monoisotopic (exact) mass is 424 g/mol. The maximum absolute atomic E-state index is 13.8. The van der Waals surface area contributed by atoms with Crippen LogP contribution in [-0.2, 0) is 12.2 Å². The number of aromatic nitrogens is 1. The number of anilines is 2. The van der Waals surface area contributed by atoms with Gasteiger partial charge in [-0.15, -0.1) is 11.8 Å². The molecule has 3 rings (SSSR count). The molecule has 0 radical (unpaired) electrons. The molecule has 30 heavy (non-hydrogen) atoms. The minimum Gasteiger partial charge on any atom is -0.396 e. The second-order valence-corrected chi connectivity index (χ2v) is 8.27. The van der Waals surface area contributed by atoms with Gasteiger partial charge in [-0.25, -0.2) is 14.2 Å². The Morgan fingerprint density at radius 2 is 2.13 bits per heavy atom. The zero-order chi connectivity index (χ0) is 21.7. The van der Waals surface area contributed by atoms with Crippen LogP contribution in [0, 0.1) is 23.7 Å². The third-order valence-electron chi connectivity index (χ3n) is 5.26. The fourth-order valence-electron chi connectivity index (χ4n) is 3.56. The molecule has 0 amide bonds. The molecule has 0 aliphatic carbocycles. The number of pyridine rings is 1. The molecule has 8 heteroatoms. The number of thioether (sulfide) groups is 1. The minimum atomic E-state index is -0.450. The Bertz CT molecular complexity index is 1010. The van der Waals surface area contributed by atoms with Gasteiger partial charge < -0.3 is 15.5 Å². The van der Waals surface area contributed by atoms with E-state index >= 15 is 0 Å². The molecule has 1 aliphatic heterocycles. The highest BCUT2D eigenvalue weighted by atomic mass is 32.2. The highest BCUT2D eigenvalue weighted by Gasteiger charge is 2.24. The van der Waals surface area contributed by atoms with Crippen molar-refractivity contribution in [1.29, 1.82) is 5.26 Å². The average Bonchev–Trinajstić information content (AvgIpc) is 2.97. The van der Waals surface area contributed by atoms with E-state index in [-0.39, 0.29) is 5.69 Å². The van der Waals surface area contributed by atoms with Crippen molar-refractivity contribution in [3.63, 3.8) is 0 Å². The van der Waals surface area contributed by atoms with E-state index in [2.05, 4.69) is 27.8 Å². The van der Waals surface area contributed by atoms with E-state index in [1.165, 1.54) is 17.8 Å². The largest absolute Gasteiger partial charge is 0.396 e. The second-order valence-electron chi connectivity index (χ2n) is 7.31. The number of benzene rings is 1. The lowest BCUT2D eigenvalue weighted by atomic mass is 10.1. The maximum atomic E-state index is 13.8. The zero-order valence-electron chi connectivity index (χ0n) is 17.3. The smallest absolute Gasteiger partial charge is 0.232 e. The van der Waals surface area contributed by atoms with E-state index in [1.54, 1.807) is 12.1 Å². The molecule has 1 aliphatic rings. The predicted molar refractivity (Wildman–Crippen MR) is 119 cm³/mol. The summed E-state index contributed by atoms with van der Waals surface area (Å²) in [6.07, 6.45) is 1.57. The molecule has 0 atom stereocenters. The van der Waals surface area contributed by atoms with Gasteiger partial charge in [-0.2, -0.15) is 5.26 Å². The molecule has 1 saturated heterocycles. The lowest BCUT2D eigenvalue weighted by molar-refractivity contribution is 0.360. The van der Waals surface area contributed by atoms with Crippen molar-refractivity contribution in [2.45, 2.75) is 30.5 Å². The van der Waals surface area contributed by atoms with Crippen LogP contribution >= 0.6 is 11.8 Å². The van der Waals surface area contributed by atoms with Crippen LogP contribution < -0.4 is 10.6 Å². The Kier molecular flexibility index (Phi) is 7.15. The molecule has 156 valence electrons. The van der Waals surface area contributed by atoms with Crippen LogP contribution in [0.4, 0.5) is 21.6 Å². The topological polar surface area (TPSA) is 73.5 Å². The van der Waals surface area contributed by atoms with E-state index in [0.717, 1.165) is 43.7 Å². The van der Waals surface area contributed by atoms with Crippen LogP contribution in [0.1, 0.15) is 30.0 Å². The molecule has 1 aromatic carbocycles. The van der Waals surface area contributed by atoms with Crippen molar-refractivity contribution in [2.24, 2.45) is 0 Å². The highest BCUT2D eigenvalue weighted by Crippen LogP contribution is 2.39. The molecule has 6 nitrogen and oxygen atoms in total. The first-order chi connectivity index (χ1) is 14.5. The van der Waals surface area contributed by atoms with Gasteiger partial charge in [0.1, 0.15) is 22.7 Å². The van der Waals surface area contributed by atoms with E-state index in [0.29, 0.717) is 34.3 Å². The van der Waals surface area contributed by atoms with Crippen LogP contribution in [0.3, 0.4) is 0 Å². The first-order valence-corrected chi connectivity index (χ1v) is 10.9. The number of nitriles is 1. The van der Waals surface area contributed by atoms with Crippen molar-refractivity contribution in [3.8, 4) is 6.07 Å². The van der Waals surface area contributed by atoms with E-state index < -0.39 is 5.82 Å². The number of hydrogen-bond donors (Lipinski definition) is 1. The molecule has 2 heterocycles. The number of halogens is 1. The number of rotatable bonds is 5. The predicted octanol–water partition coefficient (Wildman–Crippen LogP) is 4.22. The van der Waals surface area contributed by atoms with Crippen molar-refractivity contribution in [3.05, 3.63) is 52.1 Å². The second kappa shape index (κ2) is 9.80. The van der Waals surface area contributed by atoms with Crippen LogP contribution in [0.15, 0.2) is 23.2 Å². The SMILES string of the molecule is [C-]#[N+]c1c(N2CCCN(C)CC2)nc(SCc2ccc(N)c(F)c2)c(C#N)c1CC. The first kappa shape index (κ1) is 21.9. The maximum Gasteiger partial charge on any atom is 0.232 e. The van der Waals surface area contributed by atoms with Crippen molar-refractivity contribution < 1.29 is 4.39 Å². The van der Waals surface area contributed by atoms with Crippen LogP contribution in [0.5, 0.6) is 0 Å². The van der Waals surface area contributed by atoms with Gasteiger partial charge in [-0.1, -0.05) is 13.0 Å². The van der Waals surface area contributed by atoms with Crippen LogP contribution in [0.2, 0.25) is 0 Å². The third-order valence-corrected chi connectivity index (χ3v) is 6.30. The fraction of sp³-hybridized carbons (Fsp3) is 0.409. The van der Waals surface area contributed by atoms with Gasteiger partial charge in [0.2, 0.25) is 5.69 Å². The van der Waals surface area contributed by atoms with Gasteiger partial charge in [-0.3, -0.25) is 0 Å². The Morgan fingerprint density at radius 3 is 2.80 bits per heavy atom. The van der Waals surface area contributed by atoms with Crippen molar-refractivity contribution in [1.82, 2.24) is 9.88 Å². The number of hydrogen-bond acceptors (Lipinski definition) is 6. The summed E-state index contributed by atoms with van der Waals surface area (Å²) in [5, 5.41) is 10.4. The molecular weight excluding hydrogens is 399 g/mol. The number of nitrogen functional groups attached to an aromatic ring is 1. The molecule has 0 unspecified atom stereocenters. The Hall–Kier alpha value is -2.81. The molecule has 0 saturated carbocycles. The summed E-state index contributed by atoms with van der Waals surface area (Å²) in [5.74, 6) is 0.664. The molecule has 1 fully saturated rings. The van der Waals surface area contributed by atoms with Gasteiger partial charge in [0.05, 0.1) is 17.8 Å². The zero-order valence-corrected chi connectivity index (χ0v) is 18.1. The number of nitrogens with two attached hydrogens (primary N) is 1. The molecule has 2 aromatic rings.